The van der Waals surface area contributed by atoms with E-state index >= 15 is 0 Å². The van der Waals surface area contributed by atoms with E-state index in [2.05, 4.69) is 231 Å². The molecule has 0 N–H and O–H groups in total. The molecule has 4 nitrogen and oxygen atoms in total. The molecule has 0 fully saturated rings. The SMILES string of the molecule is CC(=Nc1c(C(C)C)cccc1C(C)C)C(C)=Nc1c(C(C)C)cccc1C(C)C.CC(=Nc1c(C(C)C)cccc1C(C)C)C(C)=Nc1c(C(C)C)cccc1C(C)C.[ClH+][Fe][ClH+].[Fe]. The minimum atomic E-state index is 0. The number of benzene rings is 4. The van der Waals surface area contributed by atoms with Gasteiger partial charge < -0.3 is 0 Å². The Morgan fingerprint density at radius 2 is 0.422 bits per heavy atom. The normalized spacial score (nSPS) is 12.8. The third kappa shape index (κ3) is 16.8. The third-order valence-electron chi connectivity index (χ3n) is 11.5. The van der Waals surface area contributed by atoms with Gasteiger partial charge in [0.2, 0.25) is 0 Å². The summed E-state index contributed by atoms with van der Waals surface area (Å²) in [6.45, 7) is 44.2. The molecule has 64 heavy (non-hydrogen) atoms. The maximum absolute atomic E-state index is 5.13. The first-order valence-corrected chi connectivity index (χ1v) is 26.4. The second-order valence-corrected chi connectivity index (χ2v) is 21.4. The zero-order chi connectivity index (χ0) is 47.9. The zero-order valence-corrected chi connectivity index (χ0v) is 46.7. The molecule has 0 heterocycles. The average molecular weight is 994 g/mol. The van der Waals surface area contributed by atoms with Crippen LogP contribution >= 0.6 is 0 Å². The van der Waals surface area contributed by atoms with Crippen LogP contribution in [0.25, 0.3) is 0 Å². The fourth-order valence-electron chi connectivity index (χ4n) is 7.56. The van der Waals surface area contributed by atoms with Crippen LogP contribution in [0.5, 0.6) is 0 Å². The standard InChI is InChI=1S/2C28H40N2.2ClH.2Fe/c2*1-17(2)23-13-11-14-24(18(3)4)27(23)29-21(9)22(10)30-28-25(19(5)6)15-12-16-26(28)20(7)8;;;;/h2*11-20H,1-10H3;2*1H;;/q;;;;;+2. The van der Waals surface area contributed by atoms with E-state index in [1.165, 1.54) is 44.5 Å². The molecule has 4 aromatic rings. The number of halogens is 2. The summed E-state index contributed by atoms with van der Waals surface area (Å²) >= 11 is 0.417. The Bertz CT molecular complexity index is 1790. The predicted octanol–water partition coefficient (Wildman–Crippen LogP) is 17.6. The largest absolute Gasteiger partial charge is 0 e. The van der Waals surface area contributed by atoms with Crippen LogP contribution in [0.4, 0.5) is 22.7 Å². The second kappa shape index (κ2) is 28.4. The molecule has 0 bridgehead atoms. The summed E-state index contributed by atoms with van der Waals surface area (Å²) in [5.41, 5.74) is 18.9. The van der Waals surface area contributed by atoms with E-state index in [0.29, 0.717) is 60.5 Å². The molecule has 4 rings (SSSR count). The average Bonchev–Trinajstić information content (AvgIpc) is 3.20. The smallest absolute Gasteiger partial charge is 0 e. The van der Waals surface area contributed by atoms with Crippen molar-refractivity contribution in [3.05, 3.63) is 117 Å². The van der Waals surface area contributed by atoms with Gasteiger partial charge in [-0.1, -0.05) is 184 Å². The van der Waals surface area contributed by atoms with Crippen LogP contribution in [0, 0.1) is 20.2 Å². The van der Waals surface area contributed by atoms with Crippen molar-refractivity contribution >= 4 is 45.6 Å². The van der Waals surface area contributed by atoms with E-state index in [1.54, 1.807) is 0 Å². The van der Waals surface area contributed by atoms with Gasteiger partial charge in [-0.25, -0.2) is 0 Å². The van der Waals surface area contributed by atoms with Crippen molar-refractivity contribution in [2.75, 3.05) is 0 Å². The summed E-state index contributed by atoms with van der Waals surface area (Å²) in [5, 5.41) is 0. The zero-order valence-electron chi connectivity index (χ0n) is 42.9. The Hall–Kier alpha value is -2.82. The van der Waals surface area contributed by atoms with E-state index in [1.807, 2.05) is 0 Å². The summed E-state index contributed by atoms with van der Waals surface area (Å²) in [7, 11) is 8.42. The van der Waals surface area contributed by atoms with Crippen LogP contribution in [-0.4, -0.2) is 22.8 Å². The van der Waals surface area contributed by atoms with E-state index in [4.69, 9.17) is 20.0 Å². The molecular formula is C56H82Cl2Fe2N4+2. The first kappa shape index (κ1) is 59.2. The van der Waals surface area contributed by atoms with Gasteiger partial charge in [-0.3, -0.25) is 20.0 Å². The molecule has 0 aromatic heterocycles. The van der Waals surface area contributed by atoms with Crippen molar-refractivity contribution in [2.45, 2.75) is 186 Å². The van der Waals surface area contributed by atoms with Gasteiger partial charge in [0.15, 0.2) is 0 Å². The summed E-state index contributed by atoms with van der Waals surface area (Å²) in [6, 6.07) is 26.3. The van der Waals surface area contributed by atoms with Gasteiger partial charge in [0.25, 0.3) is 0 Å². The molecule has 4 aromatic carbocycles. The number of rotatable bonds is 14. The monoisotopic (exact) mass is 992 g/mol. The Kier molecular flexibility index (Phi) is 26.2. The maximum Gasteiger partial charge on any atom is 0 e. The van der Waals surface area contributed by atoms with Gasteiger partial charge in [0, 0.05) is 17.1 Å². The number of hydrogen-bond donors (Lipinski definition) is 0. The minimum absolute atomic E-state index is 0. The third-order valence-corrected chi connectivity index (χ3v) is 11.5. The summed E-state index contributed by atoms with van der Waals surface area (Å²) in [4.78, 5) is 20.5. The Balaban J connectivity index is 0.000000594. The molecule has 0 radical (unpaired) electrons. The molecule has 0 amide bonds. The van der Waals surface area contributed by atoms with E-state index < -0.39 is 0 Å². The first-order valence-electron chi connectivity index (χ1n) is 23.1. The van der Waals surface area contributed by atoms with E-state index in [-0.39, 0.29) is 17.1 Å². The Morgan fingerprint density at radius 3 is 0.516 bits per heavy atom. The fraction of sp³-hybridized carbons (Fsp3) is 0.500. The molecule has 8 heteroatoms. The van der Waals surface area contributed by atoms with Crippen molar-refractivity contribution in [3.63, 3.8) is 0 Å². The Labute approximate surface area is 416 Å². The second-order valence-electron chi connectivity index (χ2n) is 19.2. The number of hydrogen-bond acceptors (Lipinski definition) is 4. The number of para-hydroxylation sites is 4. The van der Waals surface area contributed by atoms with E-state index in [9.17, 15) is 0 Å². The number of aliphatic imine (C=N–C) groups is 4. The van der Waals surface area contributed by atoms with Crippen LogP contribution in [0.3, 0.4) is 0 Å². The summed E-state index contributed by atoms with van der Waals surface area (Å²) in [5.74, 6) is 3.46. The van der Waals surface area contributed by atoms with Crippen LogP contribution in [0.1, 0.15) is 230 Å². The summed E-state index contributed by atoms with van der Waals surface area (Å²) < 4.78 is 0. The molecule has 354 valence electrons. The van der Waals surface area contributed by atoms with Crippen LogP contribution in [-0.2, 0) is 30.2 Å². The minimum Gasteiger partial charge on any atom is 0 e. The fourth-order valence-corrected chi connectivity index (χ4v) is 7.56. The van der Waals surface area contributed by atoms with Crippen molar-refractivity contribution in [1.82, 2.24) is 0 Å². The topological polar surface area (TPSA) is 49.4 Å². The van der Waals surface area contributed by atoms with Gasteiger partial charge in [-0.05, 0) is 120 Å². The molecular weight excluding hydrogens is 911 g/mol. The van der Waals surface area contributed by atoms with Crippen molar-refractivity contribution in [3.8, 4) is 0 Å². The van der Waals surface area contributed by atoms with Gasteiger partial charge in [0.05, 0.1) is 45.6 Å². The molecule has 0 unspecified atom stereocenters. The van der Waals surface area contributed by atoms with Gasteiger partial charge in [-0.2, -0.15) is 0 Å². The predicted molar refractivity (Wildman–Crippen MR) is 272 cm³/mol. The maximum atomic E-state index is 5.13. The first-order chi connectivity index (χ1) is 29.5. The van der Waals surface area contributed by atoms with Gasteiger partial charge in [0.1, 0.15) is 0 Å². The van der Waals surface area contributed by atoms with Crippen molar-refractivity contribution in [2.24, 2.45) is 20.0 Å². The number of nitrogens with zero attached hydrogens (tertiary/aromatic N) is 4. The van der Waals surface area contributed by atoms with Crippen molar-refractivity contribution < 1.29 is 50.4 Å². The molecule has 0 aliphatic rings. The molecule has 0 saturated heterocycles. The van der Waals surface area contributed by atoms with Crippen molar-refractivity contribution in [1.29, 1.82) is 0 Å². The molecule has 0 aliphatic carbocycles. The van der Waals surface area contributed by atoms with Crippen LogP contribution in [0.15, 0.2) is 92.8 Å². The van der Waals surface area contributed by atoms with Gasteiger partial charge in [-0.15, -0.1) is 0 Å². The molecule has 0 atom stereocenters. The van der Waals surface area contributed by atoms with Crippen LogP contribution in [0.2, 0.25) is 0 Å². The van der Waals surface area contributed by atoms with E-state index in [0.717, 1.165) is 45.6 Å². The molecule has 0 aliphatic heterocycles. The molecule has 0 spiro atoms. The van der Waals surface area contributed by atoms with Crippen LogP contribution < -0.4 is 0 Å². The molecule has 0 saturated carbocycles. The van der Waals surface area contributed by atoms with Gasteiger partial charge >= 0.3 is 33.3 Å². The Morgan fingerprint density at radius 1 is 0.312 bits per heavy atom. The quantitative estimate of drug-likeness (QED) is 0.0893. The summed E-state index contributed by atoms with van der Waals surface area (Å²) in [6.07, 6.45) is 0.